The highest BCUT2D eigenvalue weighted by Gasteiger charge is 2.24. The lowest BCUT2D eigenvalue weighted by Gasteiger charge is -2.16. The van der Waals surface area contributed by atoms with Gasteiger partial charge >= 0.3 is 0 Å². The van der Waals surface area contributed by atoms with Gasteiger partial charge in [0.1, 0.15) is 11.8 Å². The minimum atomic E-state index is -0.211. The summed E-state index contributed by atoms with van der Waals surface area (Å²) in [6, 6.07) is 5.73. The van der Waals surface area contributed by atoms with Gasteiger partial charge in [0.15, 0.2) is 0 Å². The Kier molecular flexibility index (Phi) is 2.35. The van der Waals surface area contributed by atoms with Crippen LogP contribution in [-0.2, 0) is 6.42 Å². The fraction of sp³-hybridized carbons (Fsp3) is 0.385. The third-order valence-electron chi connectivity index (χ3n) is 3.51. The molecule has 1 aliphatic carbocycles. The summed E-state index contributed by atoms with van der Waals surface area (Å²) in [7, 11) is 1.66. The molecule has 4 nitrogen and oxygen atoms in total. The molecular formula is C13H14N2O2. The zero-order chi connectivity index (χ0) is 11.8. The zero-order valence-electron chi connectivity index (χ0n) is 9.69. The topological polar surface area (TPSA) is 54.4 Å². The maximum Gasteiger partial charge on any atom is 0.132 e. The molecule has 0 bridgehead atoms. The Labute approximate surface area is 98.9 Å². The highest BCUT2D eigenvalue weighted by molar-refractivity contribution is 5.86. The van der Waals surface area contributed by atoms with Crippen molar-refractivity contribution in [3.63, 3.8) is 0 Å². The summed E-state index contributed by atoms with van der Waals surface area (Å²) >= 11 is 0. The van der Waals surface area contributed by atoms with Crippen LogP contribution in [0.5, 0.6) is 5.75 Å². The highest BCUT2D eigenvalue weighted by Crippen LogP contribution is 2.37. The van der Waals surface area contributed by atoms with E-state index in [2.05, 4.69) is 10.2 Å². The van der Waals surface area contributed by atoms with Gasteiger partial charge in [-0.25, -0.2) is 0 Å². The number of ether oxygens (including phenoxy) is 1. The van der Waals surface area contributed by atoms with Crippen molar-refractivity contribution < 1.29 is 4.74 Å². The van der Waals surface area contributed by atoms with Crippen molar-refractivity contribution in [2.45, 2.75) is 25.3 Å². The summed E-state index contributed by atoms with van der Waals surface area (Å²) in [6.07, 6.45) is 2.88. The number of aromatic nitrogens is 1. The lowest BCUT2D eigenvalue weighted by Crippen LogP contribution is -2.06. The van der Waals surface area contributed by atoms with Crippen molar-refractivity contribution in [3.05, 3.63) is 34.4 Å². The number of benzene rings is 1. The molecule has 1 atom stereocenters. The number of fused-ring (bicyclic) bond motifs is 3. The van der Waals surface area contributed by atoms with E-state index >= 15 is 0 Å². The molecule has 1 heterocycles. The molecule has 0 fully saturated rings. The van der Waals surface area contributed by atoms with E-state index < -0.39 is 0 Å². The van der Waals surface area contributed by atoms with Gasteiger partial charge in [-0.3, -0.25) is 0 Å². The second-order valence-corrected chi connectivity index (χ2v) is 4.44. The molecule has 0 radical (unpaired) electrons. The van der Waals surface area contributed by atoms with Crippen molar-refractivity contribution in [2.24, 2.45) is 5.18 Å². The molecule has 0 amide bonds. The predicted molar refractivity (Wildman–Crippen MR) is 66.3 cm³/mol. The van der Waals surface area contributed by atoms with E-state index in [1.165, 1.54) is 5.56 Å². The van der Waals surface area contributed by atoms with Crippen LogP contribution >= 0.6 is 0 Å². The number of methoxy groups -OCH3 is 1. The van der Waals surface area contributed by atoms with Gasteiger partial charge in [-0.2, -0.15) is 4.91 Å². The second kappa shape index (κ2) is 3.87. The van der Waals surface area contributed by atoms with Gasteiger partial charge in [-0.1, -0.05) is 5.18 Å². The Bertz CT molecular complexity index is 574. The van der Waals surface area contributed by atoms with Gasteiger partial charge in [-0.05, 0) is 43.0 Å². The second-order valence-electron chi connectivity index (χ2n) is 4.44. The number of hydrogen-bond donors (Lipinski definition) is 1. The molecule has 1 aromatic heterocycles. The average Bonchev–Trinajstić information content (AvgIpc) is 2.76. The van der Waals surface area contributed by atoms with Crippen molar-refractivity contribution in [2.75, 3.05) is 7.11 Å². The lowest BCUT2D eigenvalue weighted by molar-refractivity contribution is 0.415. The van der Waals surface area contributed by atoms with E-state index in [1.54, 1.807) is 7.11 Å². The molecule has 1 aliphatic rings. The third kappa shape index (κ3) is 1.52. The van der Waals surface area contributed by atoms with Crippen LogP contribution in [0.3, 0.4) is 0 Å². The summed E-state index contributed by atoms with van der Waals surface area (Å²) in [4.78, 5) is 14.1. The van der Waals surface area contributed by atoms with Crippen molar-refractivity contribution in [1.82, 2.24) is 4.98 Å². The van der Waals surface area contributed by atoms with Gasteiger partial charge < -0.3 is 9.72 Å². The molecule has 0 aliphatic heterocycles. The number of nitrogens with one attached hydrogen (secondary N) is 1. The summed E-state index contributed by atoms with van der Waals surface area (Å²) < 4.78 is 5.24. The number of nitroso groups, excluding NO2 is 1. The molecule has 0 saturated heterocycles. The number of hydrogen-bond acceptors (Lipinski definition) is 3. The van der Waals surface area contributed by atoms with Crippen LogP contribution in [0.25, 0.3) is 10.9 Å². The van der Waals surface area contributed by atoms with Crippen LogP contribution in [0, 0.1) is 4.91 Å². The van der Waals surface area contributed by atoms with E-state index in [9.17, 15) is 4.91 Å². The number of nitrogens with zero attached hydrogens (tertiary/aromatic N) is 1. The quantitative estimate of drug-likeness (QED) is 0.804. The maximum absolute atomic E-state index is 10.8. The molecule has 0 saturated carbocycles. The largest absolute Gasteiger partial charge is 0.497 e. The standard InChI is InChI=1S/C13H14N2O2/c1-17-8-5-6-11-10(7-8)9-3-2-4-12(15-16)13(9)14-11/h5-7,12,14H,2-4H2,1H3. The Morgan fingerprint density at radius 1 is 1.47 bits per heavy atom. The Balaban J connectivity index is 2.23. The van der Waals surface area contributed by atoms with Crippen LogP contribution in [0.2, 0.25) is 0 Å². The predicted octanol–water partition coefficient (Wildman–Crippen LogP) is 3.32. The van der Waals surface area contributed by atoms with Crippen LogP contribution < -0.4 is 4.74 Å². The third-order valence-corrected chi connectivity index (χ3v) is 3.51. The number of H-pyrrole nitrogens is 1. The van der Waals surface area contributed by atoms with Gasteiger partial charge in [0, 0.05) is 16.6 Å². The van der Waals surface area contributed by atoms with Gasteiger partial charge in [0.05, 0.1) is 7.11 Å². The summed E-state index contributed by atoms with van der Waals surface area (Å²) in [5.41, 5.74) is 3.29. The highest BCUT2D eigenvalue weighted by atomic mass is 16.5. The first-order valence-electron chi connectivity index (χ1n) is 5.84. The first-order chi connectivity index (χ1) is 8.33. The Morgan fingerprint density at radius 3 is 3.12 bits per heavy atom. The Morgan fingerprint density at radius 2 is 2.35 bits per heavy atom. The van der Waals surface area contributed by atoms with Gasteiger partial charge in [0.25, 0.3) is 0 Å². The average molecular weight is 230 g/mol. The SMILES string of the molecule is COc1ccc2[nH]c3c(c2c1)CCCC3N=O. The smallest absolute Gasteiger partial charge is 0.132 e. The van der Waals surface area contributed by atoms with E-state index in [0.29, 0.717) is 0 Å². The molecule has 88 valence electrons. The number of rotatable bonds is 2. The monoisotopic (exact) mass is 230 g/mol. The normalized spacial score (nSPS) is 19.0. The Hall–Kier alpha value is -1.84. The van der Waals surface area contributed by atoms with Gasteiger partial charge in [-0.15, -0.1) is 0 Å². The van der Waals surface area contributed by atoms with Crippen LogP contribution in [-0.4, -0.2) is 12.1 Å². The molecule has 1 N–H and O–H groups in total. The van der Waals surface area contributed by atoms with E-state index in [0.717, 1.165) is 41.6 Å². The van der Waals surface area contributed by atoms with E-state index in [4.69, 9.17) is 4.74 Å². The number of aromatic amines is 1. The van der Waals surface area contributed by atoms with Crippen LogP contribution in [0.4, 0.5) is 0 Å². The summed E-state index contributed by atoms with van der Waals surface area (Å²) in [6.45, 7) is 0. The van der Waals surface area contributed by atoms with Crippen molar-refractivity contribution in [3.8, 4) is 5.75 Å². The molecule has 1 unspecified atom stereocenters. The van der Waals surface area contributed by atoms with E-state index in [1.807, 2.05) is 18.2 Å². The van der Waals surface area contributed by atoms with Crippen LogP contribution in [0.15, 0.2) is 23.4 Å². The molecule has 17 heavy (non-hydrogen) atoms. The minimum Gasteiger partial charge on any atom is -0.497 e. The summed E-state index contributed by atoms with van der Waals surface area (Å²) in [5, 5.41) is 4.37. The molecule has 0 spiro atoms. The first-order valence-corrected chi connectivity index (χ1v) is 5.84. The van der Waals surface area contributed by atoms with Crippen LogP contribution in [0.1, 0.15) is 30.1 Å². The maximum atomic E-state index is 10.8. The van der Waals surface area contributed by atoms with Crippen molar-refractivity contribution >= 4 is 10.9 Å². The molecule has 4 heteroatoms. The molecule has 1 aromatic carbocycles. The van der Waals surface area contributed by atoms with Gasteiger partial charge in [0.2, 0.25) is 0 Å². The van der Waals surface area contributed by atoms with E-state index in [-0.39, 0.29) is 6.04 Å². The fourth-order valence-electron chi connectivity index (χ4n) is 2.65. The molecule has 2 aromatic rings. The number of aryl methyl sites for hydroxylation is 1. The minimum absolute atomic E-state index is 0.211. The fourth-order valence-corrected chi connectivity index (χ4v) is 2.65. The molecular weight excluding hydrogens is 216 g/mol. The lowest BCUT2D eigenvalue weighted by atomic mass is 9.92. The zero-order valence-corrected chi connectivity index (χ0v) is 9.69. The molecule has 3 rings (SSSR count). The van der Waals surface area contributed by atoms with Crippen molar-refractivity contribution in [1.29, 1.82) is 0 Å². The first kappa shape index (κ1) is 10.3. The summed E-state index contributed by atoms with van der Waals surface area (Å²) in [5.74, 6) is 0.848.